The van der Waals surface area contributed by atoms with E-state index in [1.165, 1.54) is 0 Å². The molecule has 0 rings (SSSR count). The molecule has 1 radical (unpaired) electrons. The third-order valence-corrected chi connectivity index (χ3v) is 0. The topological polar surface area (TPSA) is 86.2 Å². The zero-order valence-electron chi connectivity index (χ0n) is 4.17. The monoisotopic (exact) mass is 269 g/mol. The summed E-state index contributed by atoms with van der Waals surface area (Å²) in [4.78, 5) is 25.6. The quantitative estimate of drug-likeness (QED) is 0.323. The van der Waals surface area contributed by atoms with E-state index in [1.807, 2.05) is 0 Å². The standard InChI is InChI=1S/2Fe.Li.Mn.H3O4P/c;;;;1-5(2,3)4/h;;;;(H3,1,2,3,4)/q2*+2;+1;+2;/p-3. The molecule has 0 heterocycles. The normalized spacial score (nSPS) is 6.56. The van der Waals surface area contributed by atoms with Gasteiger partial charge in [0.1, 0.15) is 0 Å². The summed E-state index contributed by atoms with van der Waals surface area (Å²) in [6, 6.07) is 0. The van der Waals surface area contributed by atoms with Crippen molar-refractivity contribution in [3.8, 4) is 0 Å². The van der Waals surface area contributed by atoms with E-state index >= 15 is 0 Å². The van der Waals surface area contributed by atoms with Gasteiger partial charge in [-0.2, -0.15) is 7.82 Å². The molecule has 0 spiro atoms. The van der Waals surface area contributed by atoms with Gasteiger partial charge in [0, 0.05) is 0 Å². The minimum Gasteiger partial charge on any atom is -0.822 e. The predicted molar refractivity (Wildman–Crippen MR) is 7.61 cm³/mol. The molecule has 9 heavy (non-hydrogen) atoms. The Labute approximate surface area is 96.4 Å². The summed E-state index contributed by atoms with van der Waals surface area (Å²) in [6.07, 6.45) is 0. The molecular formula is Fe2LiMnO4P+4. The van der Waals surface area contributed by atoms with Crippen LogP contribution in [-0.4, -0.2) is 0 Å². The summed E-state index contributed by atoms with van der Waals surface area (Å²) in [7, 11) is -5.39. The number of phosphoric acid groups is 1. The predicted octanol–water partition coefficient (Wildman–Crippen LogP) is -5.83. The Morgan fingerprint density at radius 3 is 1.00 bits per heavy atom. The average molecular weight is 269 g/mol. The SMILES string of the molecule is O=P([O-])([O-])[O-].[Fe+2].[Fe+2].[Li+].[Mn+2]. The van der Waals surface area contributed by atoms with Crippen LogP contribution >= 0.6 is 7.82 Å². The second-order valence-corrected chi connectivity index (χ2v) is 1.34. The first-order valence-electron chi connectivity index (χ1n) is 0.730. The van der Waals surface area contributed by atoms with Gasteiger partial charge in [-0.3, -0.25) is 0 Å². The van der Waals surface area contributed by atoms with Crippen molar-refractivity contribution < 1.29 is 89.3 Å². The Balaban J connectivity index is -0.0000000133. The van der Waals surface area contributed by atoms with Gasteiger partial charge in [-0.15, -0.1) is 0 Å². The van der Waals surface area contributed by atoms with Crippen molar-refractivity contribution >= 4 is 7.82 Å². The van der Waals surface area contributed by atoms with Gasteiger partial charge < -0.3 is 19.2 Å². The van der Waals surface area contributed by atoms with Gasteiger partial charge in [0.15, 0.2) is 0 Å². The van der Waals surface area contributed by atoms with Gasteiger partial charge >= 0.3 is 70.1 Å². The van der Waals surface area contributed by atoms with Crippen molar-refractivity contribution in [2.24, 2.45) is 0 Å². The Morgan fingerprint density at radius 1 is 1.00 bits per heavy atom. The van der Waals surface area contributed by atoms with Gasteiger partial charge in [0.05, 0.1) is 0 Å². The molecule has 0 aliphatic heterocycles. The fourth-order valence-corrected chi connectivity index (χ4v) is 0. The molecule has 0 bridgehead atoms. The molecule has 4 nitrogen and oxygen atoms in total. The maximum atomic E-state index is 8.55. The molecule has 0 aliphatic carbocycles. The smallest absolute Gasteiger partial charge is 0.822 e. The van der Waals surface area contributed by atoms with E-state index in [-0.39, 0.29) is 70.1 Å². The molecule has 0 saturated carbocycles. The van der Waals surface area contributed by atoms with Gasteiger partial charge in [-0.05, 0) is 0 Å². The van der Waals surface area contributed by atoms with Crippen molar-refractivity contribution in [2.75, 3.05) is 0 Å². The molecular weight excluding hydrogens is 269 g/mol. The molecule has 9 heteroatoms. The third kappa shape index (κ3) is 137. The zero-order chi connectivity index (χ0) is 4.50. The van der Waals surface area contributed by atoms with E-state index in [4.69, 9.17) is 19.2 Å². The van der Waals surface area contributed by atoms with Gasteiger partial charge in [0.2, 0.25) is 0 Å². The summed E-state index contributed by atoms with van der Waals surface area (Å²) in [5.74, 6) is 0. The van der Waals surface area contributed by atoms with Crippen LogP contribution in [0.1, 0.15) is 0 Å². The van der Waals surface area contributed by atoms with E-state index in [0.29, 0.717) is 0 Å². The first-order chi connectivity index (χ1) is 2.00. The van der Waals surface area contributed by atoms with Crippen LogP contribution in [0, 0.1) is 0 Å². The molecule has 0 atom stereocenters. The fraction of sp³-hybridized carbons (Fsp3) is 0. The number of rotatable bonds is 0. The van der Waals surface area contributed by atoms with Crippen molar-refractivity contribution in [2.45, 2.75) is 0 Å². The van der Waals surface area contributed by atoms with Crippen LogP contribution < -0.4 is 33.5 Å². The van der Waals surface area contributed by atoms with E-state index in [2.05, 4.69) is 0 Å². The molecule has 0 amide bonds. The molecule has 0 N–H and O–H groups in total. The Morgan fingerprint density at radius 2 is 1.00 bits per heavy atom. The van der Waals surface area contributed by atoms with Gasteiger partial charge in [-0.1, -0.05) is 0 Å². The van der Waals surface area contributed by atoms with Crippen LogP contribution in [0.5, 0.6) is 0 Å². The molecule has 0 saturated heterocycles. The van der Waals surface area contributed by atoms with Crippen LogP contribution in [-0.2, 0) is 55.8 Å². The van der Waals surface area contributed by atoms with Crippen LogP contribution in [0.2, 0.25) is 0 Å². The summed E-state index contributed by atoms with van der Waals surface area (Å²) < 4.78 is 8.55. The first-order valence-corrected chi connectivity index (χ1v) is 2.19. The summed E-state index contributed by atoms with van der Waals surface area (Å²) in [5.41, 5.74) is 0. The summed E-state index contributed by atoms with van der Waals surface area (Å²) >= 11 is 0. The molecule has 0 aliphatic rings. The summed E-state index contributed by atoms with van der Waals surface area (Å²) in [6.45, 7) is 0. The Bertz CT molecular complexity index is 64.7. The van der Waals surface area contributed by atoms with Gasteiger partial charge in [-0.25, -0.2) is 0 Å². The number of hydrogen-bond acceptors (Lipinski definition) is 4. The van der Waals surface area contributed by atoms with Crippen LogP contribution in [0.4, 0.5) is 0 Å². The second kappa shape index (κ2) is 12.9. The molecule has 0 unspecified atom stereocenters. The van der Waals surface area contributed by atoms with Gasteiger partial charge in [0.25, 0.3) is 0 Å². The van der Waals surface area contributed by atoms with E-state index < -0.39 is 7.82 Å². The zero-order valence-corrected chi connectivity index (χ0v) is 8.45. The average Bonchev–Trinajstić information content (AvgIpc) is 0.722. The third-order valence-electron chi connectivity index (χ3n) is 0. The van der Waals surface area contributed by atoms with Crippen LogP contribution in [0.3, 0.4) is 0 Å². The summed E-state index contributed by atoms with van der Waals surface area (Å²) in [5, 5.41) is 0. The Hall–Kier alpha value is 2.27. The van der Waals surface area contributed by atoms with E-state index in [1.54, 1.807) is 0 Å². The van der Waals surface area contributed by atoms with E-state index in [0.717, 1.165) is 0 Å². The molecule has 0 aromatic heterocycles. The fourth-order valence-electron chi connectivity index (χ4n) is 0. The van der Waals surface area contributed by atoms with Crippen LogP contribution in [0.25, 0.3) is 0 Å². The molecule has 49 valence electrons. The molecule has 0 aromatic rings. The van der Waals surface area contributed by atoms with Crippen molar-refractivity contribution in [1.29, 1.82) is 0 Å². The van der Waals surface area contributed by atoms with E-state index in [9.17, 15) is 0 Å². The van der Waals surface area contributed by atoms with Crippen LogP contribution in [0.15, 0.2) is 0 Å². The van der Waals surface area contributed by atoms with Crippen molar-refractivity contribution in [3.05, 3.63) is 0 Å². The minimum atomic E-state index is -5.39. The minimum absolute atomic E-state index is 0. The maximum Gasteiger partial charge on any atom is 2.00 e. The second-order valence-electron chi connectivity index (χ2n) is 0.447. The largest absolute Gasteiger partial charge is 2.00 e. The van der Waals surface area contributed by atoms with Crippen molar-refractivity contribution in [1.82, 2.24) is 0 Å². The number of hydrogen-bond donors (Lipinski definition) is 0. The van der Waals surface area contributed by atoms with Crippen molar-refractivity contribution in [3.63, 3.8) is 0 Å². The first kappa shape index (κ1) is 30.2. The Kier molecular flexibility index (Phi) is 43.3. The molecule has 0 fully saturated rings. The molecule has 0 aromatic carbocycles. The maximum absolute atomic E-state index is 8.55.